The van der Waals surface area contributed by atoms with E-state index >= 15 is 0 Å². The Kier molecular flexibility index (Phi) is 4.27. The van der Waals surface area contributed by atoms with Crippen molar-refractivity contribution in [1.29, 1.82) is 0 Å². The van der Waals surface area contributed by atoms with E-state index in [2.05, 4.69) is 12.0 Å². The Morgan fingerprint density at radius 1 is 1.32 bits per heavy atom. The number of aryl methyl sites for hydroxylation is 3. The molecule has 2 aromatic rings. The Morgan fingerprint density at radius 2 is 2.05 bits per heavy atom. The summed E-state index contributed by atoms with van der Waals surface area (Å²) in [5.74, 6) is 0. The zero-order valence-corrected chi connectivity index (χ0v) is 12.3. The molecule has 0 aliphatic heterocycles. The maximum atomic E-state index is 10.5. The van der Waals surface area contributed by atoms with Gasteiger partial charge < -0.3 is 5.11 Å². The standard InChI is InChI=1S/C15H19ClN2O/c1-4-12-9-14(18(5-2)17-12)15(19)11-7-6-10(3)13(16)8-11/h6-9,15,19H,4-5H2,1-3H3. The second kappa shape index (κ2) is 5.76. The monoisotopic (exact) mass is 278 g/mol. The molecular formula is C15H19ClN2O. The average Bonchev–Trinajstić information content (AvgIpc) is 2.84. The van der Waals surface area contributed by atoms with E-state index in [9.17, 15) is 5.11 Å². The molecule has 1 heterocycles. The van der Waals surface area contributed by atoms with Gasteiger partial charge in [-0.3, -0.25) is 4.68 Å². The molecule has 2 rings (SSSR count). The molecule has 0 saturated heterocycles. The van der Waals surface area contributed by atoms with E-state index in [-0.39, 0.29) is 0 Å². The van der Waals surface area contributed by atoms with E-state index in [1.807, 2.05) is 42.8 Å². The third-order valence-electron chi connectivity index (χ3n) is 3.32. The van der Waals surface area contributed by atoms with Crippen molar-refractivity contribution in [3.63, 3.8) is 0 Å². The van der Waals surface area contributed by atoms with Gasteiger partial charge in [-0.25, -0.2) is 0 Å². The number of benzene rings is 1. The van der Waals surface area contributed by atoms with Gasteiger partial charge in [0, 0.05) is 11.6 Å². The molecule has 3 nitrogen and oxygen atoms in total. The van der Waals surface area contributed by atoms with Gasteiger partial charge in [0.2, 0.25) is 0 Å². The zero-order valence-electron chi connectivity index (χ0n) is 11.5. The molecule has 0 amide bonds. The summed E-state index contributed by atoms with van der Waals surface area (Å²) in [4.78, 5) is 0. The van der Waals surface area contributed by atoms with E-state index in [1.165, 1.54) is 0 Å². The van der Waals surface area contributed by atoms with Gasteiger partial charge in [0.1, 0.15) is 6.10 Å². The van der Waals surface area contributed by atoms with Crippen molar-refractivity contribution in [3.8, 4) is 0 Å². The Labute approximate surface area is 118 Å². The van der Waals surface area contributed by atoms with Gasteiger partial charge >= 0.3 is 0 Å². The summed E-state index contributed by atoms with van der Waals surface area (Å²) in [5.41, 5.74) is 3.62. The Hall–Kier alpha value is -1.32. The van der Waals surface area contributed by atoms with Crippen LogP contribution in [0.4, 0.5) is 0 Å². The third kappa shape index (κ3) is 2.82. The summed E-state index contributed by atoms with van der Waals surface area (Å²) in [6, 6.07) is 7.61. The first kappa shape index (κ1) is 14.1. The predicted molar refractivity (Wildman–Crippen MR) is 77.5 cm³/mol. The summed E-state index contributed by atoms with van der Waals surface area (Å²) in [6.07, 6.45) is 0.173. The molecule has 1 aromatic heterocycles. The van der Waals surface area contributed by atoms with Crippen LogP contribution in [-0.2, 0) is 13.0 Å². The lowest BCUT2D eigenvalue weighted by Crippen LogP contribution is -2.09. The largest absolute Gasteiger partial charge is 0.382 e. The minimum atomic E-state index is -0.689. The summed E-state index contributed by atoms with van der Waals surface area (Å²) < 4.78 is 1.84. The minimum Gasteiger partial charge on any atom is -0.382 e. The second-order valence-corrected chi connectivity index (χ2v) is 5.05. The van der Waals surface area contributed by atoms with Crippen LogP contribution in [0.25, 0.3) is 0 Å². The Morgan fingerprint density at radius 3 is 2.63 bits per heavy atom. The fourth-order valence-electron chi connectivity index (χ4n) is 2.08. The number of aliphatic hydroxyl groups excluding tert-OH is 1. The fraction of sp³-hybridized carbons (Fsp3) is 0.400. The van der Waals surface area contributed by atoms with Crippen molar-refractivity contribution in [3.05, 3.63) is 51.8 Å². The number of rotatable bonds is 4. The van der Waals surface area contributed by atoms with Crippen molar-refractivity contribution in [2.24, 2.45) is 0 Å². The van der Waals surface area contributed by atoms with Gasteiger partial charge in [-0.2, -0.15) is 5.10 Å². The highest BCUT2D eigenvalue weighted by Crippen LogP contribution is 2.26. The van der Waals surface area contributed by atoms with Crippen LogP contribution in [0.2, 0.25) is 5.02 Å². The summed E-state index contributed by atoms with van der Waals surface area (Å²) >= 11 is 6.12. The molecule has 1 unspecified atom stereocenters. The van der Waals surface area contributed by atoms with E-state index in [0.717, 1.165) is 35.5 Å². The molecule has 0 saturated carbocycles. The highest BCUT2D eigenvalue weighted by molar-refractivity contribution is 6.31. The molecule has 4 heteroatoms. The number of hydrogen-bond acceptors (Lipinski definition) is 2. The summed E-state index contributed by atoms with van der Waals surface area (Å²) in [6.45, 7) is 6.77. The van der Waals surface area contributed by atoms with Gasteiger partial charge in [-0.1, -0.05) is 30.7 Å². The first-order valence-electron chi connectivity index (χ1n) is 6.57. The molecule has 19 heavy (non-hydrogen) atoms. The van der Waals surface area contributed by atoms with Crippen LogP contribution in [0.5, 0.6) is 0 Å². The lowest BCUT2D eigenvalue weighted by Gasteiger charge is -2.13. The van der Waals surface area contributed by atoms with Crippen LogP contribution in [0, 0.1) is 6.92 Å². The van der Waals surface area contributed by atoms with Gasteiger partial charge in [-0.15, -0.1) is 0 Å². The number of nitrogens with zero attached hydrogens (tertiary/aromatic N) is 2. The molecule has 102 valence electrons. The van der Waals surface area contributed by atoms with Crippen molar-refractivity contribution in [1.82, 2.24) is 9.78 Å². The van der Waals surface area contributed by atoms with Gasteiger partial charge in [0.15, 0.2) is 0 Å². The van der Waals surface area contributed by atoms with Crippen molar-refractivity contribution < 1.29 is 5.11 Å². The Balaban J connectivity index is 2.39. The van der Waals surface area contributed by atoms with E-state index in [1.54, 1.807) is 0 Å². The molecule has 1 atom stereocenters. The fourth-order valence-corrected chi connectivity index (χ4v) is 2.27. The van der Waals surface area contributed by atoms with Gasteiger partial charge in [0.25, 0.3) is 0 Å². The second-order valence-electron chi connectivity index (χ2n) is 4.64. The van der Waals surface area contributed by atoms with Crippen LogP contribution < -0.4 is 0 Å². The predicted octanol–water partition coefficient (Wildman–Crippen LogP) is 3.51. The molecule has 0 bridgehead atoms. The van der Waals surface area contributed by atoms with E-state index in [4.69, 9.17) is 11.6 Å². The average molecular weight is 279 g/mol. The highest BCUT2D eigenvalue weighted by atomic mass is 35.5. The number of halogens is 1. The zero-order chi connectivity index (χ0) is 14.0. The van der Waals surface area contributed by atoms with Gasteiger partial charge in [0.05, 0.1) is 11.4 Å². The third-order valence-corrected chi connectivity index (χ3v) is 3.72. The lowest BCUT2D eigenvalue weighted by molar-refractivity contribution is 0.208. The highest BCUT2D eigenvalue weighted by Gasteiger charge is 2.17. The normalized spacial score (nSPS) is 12.7. The molecule has 0 radical (unpaired) electrons. The molecule has 0 aliphatic rings. The maximum absolute atomic E-state index is 10.5. The van der Waals surface area contributed by atoms with Crippen molar-refractivity contribution in [2.75, 3.05) is 0 Å². The topological polar surface area (TPSA) is 38.0 Å². The number of aliphatic hydroxyl groups is 1. The quantitative estimate of drug-likeness (QED) is 0.929. The van der Waals surface area contributed by atoms with Crippen LogP contribution in [0.1, 0.15) is 42.5 Å². The lowest BCUT2D eigenvalue weighted by atomic mass is 10.0. The molecular weight excluding hydrogens is 260 g/mol. The van der Waals surface area contributed by atoms with Crippen molar-refractivity contribution in [2.45, 2.75) is 39.8 Å². The van der Waals surface area contributed by atoms with Crippen molar-refractivity contribution >= 4 is 11.6 Å². The molecule has 0 spiro atoms. The van der Waals surface area contributed by atoms with Crippen LogP contribution >= 0.6 is 11.6 Å². The molecule has 1 aromatic carbocycles. The molecule has 0 aliphatic carbocycles. The molecule has 0 fully saturated rings. The van der Waals surface area contributed by atoms with E-state index in [0.29, 0.717) is 5.02 Å². The van der Waals surface area contributed by atoms with Gasteiger partial charge in [-0.05, 0) is 43.5 Å². The Bertz CT molecular complexity index is 578. The first-order valence-corrected chi connectivity index (χ1v) is 6.95. The minimum absolute atomic E-state index is 0.676. The van der Waals surface area contributed by atoms with Crippen LogP contribution in [-0.4, -0.2) is 14.9 Å². The van der Waals surface area contributed by atoms with Crippen LogP contribution in [0.15, 0.2) is 24.3 Å². The maximum Gasteiger partial charge on any atom is 0.121 e. The summed E-state index contributed by atoms with van der Waals surface area (Å²) in [7, 11) is 0. The number of aromatic nitrogens is 2. The number of hydrogen-bond donors (Lipinski definition) is 1. The smallest absolute Gasteiger partial charge is 0.121 e. The SMILES string of the molecule is CCc1cc(C(O)c2ccc(C)c(Cl)c2)n(CC)n1. The first-order chi connectivity index (χ1) is 9.06. The van der Waals surface area contributed by atoms with E-state index < -0.39 is 6.10 Å². The van der Waals surface area contributed by atoms with Crippen LogP contribution in [0.3, 0.4) is 0 Å². The molecule has 1 N–H and O–H groups in total. The summed E-state index contributed by atoms with van der Waals surface area (Å²) in [5, 5.41) is 15.6.